The van der Waals surface area contributed by atoms with Gasteiger partial charge in [-0.3, -0.25) is 19.7 Å². The van der Waals surface area contributed by atoms with E-state index in [9.17, 15) is 19.7 Å². The molecule has 0 fully saturated rings. The van der Waals surface area contributed by atoms with E-state index in [1.54, 1.807) is 6.92 Å². The van der Waals surface area contributed by atoms with Gasteiger partial charge in [0.2, 0.25) is 6.54 Å². The third kappa shape index (κ3) is 5.89. The topological polar surface area (TPSA) is 77.3 Å². The van der Waals surface area contributed by atoms with Crippen molar-refractivity contribution in [3.8, 4) is 0 Å². The number of hydrogen-bond acceptors (Lipinski definition) is 4. The summed E-state index contributed by atoms with van der Waals surface area (Å²) in [5, 5.41) is 10.7. The second-order valence-electron chi connectivity index (χ2n) is 5.00. The molecule has 0 aliphatic heterocycles. The number of unbranched alkanes of at least 4 members (excludes halogenated alkanes) is 2. The fourth-order valence-electron chi connectivity index (χ4n) is 1.93. The van der Waals surface area contributed by atoms with Gasteiger partial charge in [0.1, 0.15) is 11.6 Å². The summed E-state index contributed by atoms with van der Waals surface area (Å²) in [4.78, 5) is 33.7. The van der Waals surface area contributed by atoms with Crippen molar-refractivity contribution in [1.82, 2.24) is 0 Å². The van der Waals surface area contributed by atoms with Crippen LogP contribution >= 0.6 is 0 Å². The summed E-state index contributed by atoms with van der Waals surface area (Å²) in [5.41, 5.74) is -1.13. The normalized spacial score (nSPS) is 13.9. The molecule has 0 radical (unpaired) electrons. The predicted octanol–water partition coefficient (Wildman–Crippen LogP) is 2.79. The van der Waals surface area contributed by atoms with Gasteiger partial charge in [-0.05, 0) is 13.3 Å². The quantitative estimate of drug-likeness (QED) is 0.342. The van der Waals surface area contributed by atoms with Crippen molar-refractivity contribution in [1.29, 1.82) is 0 Å². The van der Waals surface area contributed by atoms with E-state index in [1.165, 1.54) is 6.92 Å². The Kier molecular flexibility index (Phi) is 7.39. The van der Waals surface area contributed by atoms with Crippen molar-refractivity contribution in [3.63, 3.8) is 0 Å². The minimum absolute atomic E-state index is 0.0184. The van der Waals surface area contributed by atoms with E-state index in [-0.39, 0.29) is 18.0 Å². The van der Waals surface area contributed by atoms with Crippen LogP contribution in [0.5, 0.6) is 0 Å². The number of Topliss-reactive ketones (excluding diaryl/α,β-unsaturated/α-hetero) is 2. The first-order chi connectivity index (χ1) is 8.35. The van der Waals surface area contributed by atoms with Gasteiger partial charge in [0.15, 0.2) is 0 Å². The fourth-order valence-corrected chi connectivity index (χ4v) is 1.93. The number of nitrogens with zero attached hydrogens (tertiary/aromatic N) is 1. The molecule has 0 saturated carbocycles. The molecular formula is C13H23NO4. The van der Waals surface area contributed by atoms with Crippen LogP contribution in [-0.2, 0) is 9.59 Å². The van der Waals surface area contributed by atoms with Gasteiger partial charge < -0.3 is 0 Å². The van der Waals surface area contributed by atoms with Crippen LogP contribution in [0.2, 0.25) is 0 Å². The lowest BCUT2D eigenvalue weighted by molar-refractivity contribution is -0.492. The van der Waals surface area contributed by atoms with E-state index in [2.05, 4.69) is 0 Å². The van der Waals surface area contributed by atoms with E-state index in [1.807, 2.05) is 6.92 Å². The van der Waals surface area contributed by atoms with E-state index < -0.39 is 16.9 Å². The monoisotopic (exact) mass is 257 g/mol. The molecule has 0 amide bonds. The number of rotatable bonds is 10. The van der Waals surface area contributed by atoms with Crippen molar-refractivity contribution < 1.29 is 14.5 Å². The lowest BCUT2D eigenvalue weighted by Gasteiger charge is -2.22. The minimum Gasteiger partial charge on any atom is -0.300 e. The molecule has 0 heterocycles. The lowest BCUT2D eigenvalue weighted by atomic mass is 9.78. The molecule has 0 aromatic rings. The molecule has 1 atom stereocenters. The van der Waals surface area contributed by atoms with E-state index >= 15 is 0 Å². The molecule has 0 spiro atoms. The summed E-state index contributed by atoms with van der Waals surface area (Å²) in [5.74, 6) is -0.252. The van der Waals surface area contributed by atoms with Crippen LogP contribution in [0.4, 0.5) is 0 Å². The third-order valence-corrected chi connectivity index (χ3v) is 3.14. The van der Waals surface area contributed by atoms with Gasteiger partial charge in [0.05, 0.1) is 5.41 Å². The second kappa shape index (κ2) is 7.95. The van der Waals surface area contributed by atoms with Gasteiger partial charge in [-0.25, -0.2) is 0 Å². The molecule has 0 rings (SSSR count). The van der Waals surface area contributed by atoms with Crippen LogP contribution in [0.25, 0.3) is 0 Å². The van der Waals surface area contributed by atoms with Crippen molar-refractivity contribution in [2.24, 2.45) is 5.41 Å². The lowest BCUT2D eigenvalue weighted by Crippen LogP contribution is -2.37. The number of nitro groups is 1. The highest BCUT2D eigenvalue weighted by molar-refractivity contribution is 5.90. The molecule has 104 valence electrons. The Labute approximate surface area is 108 Å². The third-order valence-electron chi connectivity index (χ3n) is 3.14. The summed E-state index contributed by atoms with van der Waals surface area (Å²) >= 11 is 0. The van der Waals surface area contributed by atoms with Gasteiger partial charge in [0.25, 0.3) is 0 Å². The Bertz CT molecular complexity index is 314. The van der Waals surface area contributed by atoms with Gasteiger partial charge in [-0.1, -0.05) is 26.7 Å². The summed E-state index contributed by atoms with van der Waals surface area (Å²) in [6.07, 6.45) is 3.29. The molecule has 0 aliphatic rings. The first-order valence-corrected chi connectivity index (χ1v) is 6.52. The maximum absolute atomic E-state index is 12.1. The molecule has 5 nitrogen and oxygen atoms in total. The van der Waals surface area contributed by atoms with Crippen molar-refractivity contribution in [2.75, 3.05) is 6.54 Å². The zero-order chi connectivity index (χ0) is 14.2. The Morgan fingerprint density at radius 2 is 1.83 bits per heavy atom. The highest BCUT2D eigenvalue weighted by atomic mass is 16.6. The Morgan fingerprint density at radius 1 is 1.22 bits per heavy atom. The zero-order valence-corrected chi connectivity index (χ0v) is 11.5. The van der Waals surface area contributed by atoms with Crippen LogP contribution in [0, 0.1) is 15.5 Å². The highest BCUT2D eigenvalue weighted by Crippen LogP contribution is 2.27. The van der Waals surface area contributed by atoms with E-state index in [0.717, 1.165) is 19.3 Å². The first-order valence-electron chi connectivity index (χ1n) is 6.52. The Balaban J connectivity index is 4.68. The molecule has 0 N–H and O–H groups in total. The minimum atomic E-state index is -1.13. The average molecular weight is 257 g/mol. The summed E-state index contributed by atoms with van der Waals surface area (Å²) in [7, 11) is 0. The van der Waals surface area contributed by atoms with Crippen LogP contribution in [0.1, 0.15) is 59.3 Å². The smallest absolute Gasteiger partial charge is 0.216 e. The van der Waals surface area contributed by atoms with Gasteiger partial charge in [-0.15, -0.1) is 0 Å². The average Bonchev–Trinajstić information content (AvgIpc) is 2.27. The number of carbonyl (C=O) groups excluding carboxylic acids is 2. The van der Waals surface area contributed by atoms with Crippen molar-refractivity contribution >= 4 is 11.6 Å². The molecule has 18 heavy (non-hydrogen) atoms. The summed E-state index contributed by atoms with van der Waals surface area (Å²) in [6, 6.07) is 0. The van der Waals surface area contributed by atoms with Gasteiger partial charge in [-0.2, -0.15) is 0 Å². The molecule has 0 aromatic heterocycles. The maximum atomic E-state index is 12.1. The highest BCUT2D eigenvalue weighted by Gasteiger charge is 2.39. The molecular weight excluding hydrogens is 234 g/mol. The van der Waals surface area contributed by atoms with E-state index in [4.69, 9.17) is 0 Å². The molecule has 0 saturated heterocycles. The fraction of sp³-hybridized carbons (Fsp3) is 0.846. The molecule has 1 unspecified atom stereocenters. The molecule has 0 bridgehead atoms. The zero-order valence-electron chi connectivity index (χ0n) is 11.5. The standard InChI is InChI=1S/C13H23NO4/c1-4-6-7-8-12(16)13(3,10-14(17)18)9-11(15)5-2/h4-10H2,1-3H3. The largest absolute Gasteiger partial charge is 0.300 e. The van der Waals surface area contributed by atoms with Crippen LogP contribution in [0.3, 0.4) is 0 Å². The van der Waals surface area contributed by atoms with Crippen LogP contribution < -0.4 is 0 Å². The summed E-state index contributed by atoms with van der Waals surface area (Å²) < 4.78 is 0. The second-order valence-corrected chi connectivity index (χ2v) is 5.00. The van der Waals surface area contributed by atoms with Crippen molar-refractivity contribution in [3.05, 3.63) is 10.1 Å². The van der Waals surface area contributed by atoms with Crippen LogP contribution in [-0.4, -0.2) is 23.0 Å². The SMILES string of the molecule is CCCCCC(=O)C(C)(CC(=O)CC)C[N+](=O)[O-]. The maximum Gasteiger partial charge on any atom is 0.216 e. The van der Waals surface area contributed by atoms with E-state index in [0.29, 0.717) is 12.8 Å². The number of ketones is 2. The van der Waals surface area contributed by atoms with Gasteiger partial charge in [0, 0.05) is 24.2 Å². The Morgan fingerprint density at radius 3 is 2.28 bits per heavy atom. The molecule has 0 aliphatic carbocycles. The number of hydrogen-bond donors (Lipinski definition) is 0. The number of carbonyl (C=O) groups is 2. The molecule has 0 aromatic carbocycles. The predicted molar refractivity (Wildman–Crippen MR) is 69.0 cm³/mol. The first kappa shape index (κ1) is 16.7. The van der Waals surface area contributed by atoms with Gasteiger partial charge >= 0.3 is 0 Å². The van der Waals surface area contributed by atoms with Crippen LogP contribution in [0.15, 0.2) is 0 Å². The summed E-state index contributed by atoms with van der Waals surface area (Å²) in [6.45, 7) is 4.82. The van der Waals surface area contributed by atoms with Crippen molar-refractivity contribution in [2.45, 2.75) is 59.3 Å². The Hall–Kier alpha value is -1.26. The molecule has 5 heteroatoms.